The Labute approximate surface area is 115 Å². The van der Waals surface area contributed by atoms with Crippen molar-refractivity contribution in [2.75, 3.05) is 5.73 Å². The van der Waals surface area contributed by atoms with Gasteiger partial charge in [-0.15, -0.1) is 0 Å². The van der Waals surface area contributed by atoms with Crippen LogP contribution in [0.1, 0.15) is 0 Å². The minimum Gasteiger partial charge on any atom is -0.455 e. The summed E-state index contributed by atoms with van der Waals surface area (Å²) in [7, 11) is 0. The van der Waals surface area contributed by atoms with Crippen LogP contribution in [0.5, 0.6) is 0 Å². The maximum absolute atomic E-state index is 6.04. The number of hydrogen-bond donors (Lipinski definition) is 1. The van der Waals surface area contributed by atoms with Crippen LogP contribution in [-0.4, -0.2) is 4.98 Å². The fourth-order valence-corrected chi connectivity index (χ4v) is 2.48. The van der Waals surface area contributed by atoms with Gasteiger partial charge in [-0.1, -0.05) is 42.5 Å². The largest absolute Gasteiger partial charge is 0.455 e. The second kappa shape index (κ2) is 4.10. The minimum absolute atomic E-state index is 0.504. The second-order valence-corrected chi connectivity index (χ2v) is 4.73. The highest BCUT2D eigenvalue weighted by atomic mass is 16.3. The Morgan fingerprint density at radius 3 is 2.45 bits per heavy atom. The molecule has 3 nitrogen and oxygen atoms in total. The Balaban J connectivity index is 2.08. The third kappa shape index (κ3) is 1.57. The lowest BCUT2D eigenvalue weighted by Gasteiger charge is -2.00. The van der Waals surface area contributed by atoms with Gasteiger partial charge in [0.05, 0.1) is 10.9 Å². The molecule has 2 aromatic heterocycles. The topological polar surface area (TPSA) is 52.0 Å². The summed E-state index contributed by atoms with van der Waals surface area (Å²) in [6.45, 7) is 0. The molecule has 0 atom stereocenters. The monoisotopic (exact) mass is 260 g/mol. The molecule has 0 amide bonds. The Bertz CT molecular complexity index is 910. The average molecular weight is 260 g/mol. The van der Waals surface area contributed by atoms with Gasteiger partial charge >= 0.3 is 0 Å². The molecule has 0 aliphatic rings. The smallest absolute Gasteiger partial charge is 0.147 e. The number of anilines is 1. The molecule has 0 bridgehead atoms. The van der Waals surface area contributed by atoms with E-state index in [0.29, 0.717) is 5.82 Å². The third-order valence-corrected chi connectivity index (χ3v) is 3.46. The van der Waals surface area contributed by atoms with E-state index >= 15 is 0 Å². The molecule has 0 spiro atoms. The number of para-hydroxylation sites is 1. The first-order valence-corrected chi connectivity index (χ1v) is 6.46. The Morgan fingerprint density at radius 2 is 1.60 bits per heavy atom. The van der Waals surface area contributed by atoms with Crippen LogP contribution in [-0.2, 0) is 0 Å². The van der Waals surface area contributed by atoms with Gasteiger partial charge in [0.25, 0.3) is 0 Å². The molecule has 0 fully saturated rings. The van der Waals surface area contributed by atoms with Gasteiger partial charge in [0.1, 0.15) is 17.2 Å². The van der Waals surface area contributed by atoms with Crippen molar-refractivity contribution in [3.63, 3.8) is 0 Å². The molecule has 96 valence electrons. The lowest BCUT2D eigenvalue weighted by Crippen LogP contribution is -1.91. The molecule has 2 heterocycles. The zero-order valence-corrected chi connectivity index (χ0v) is 10.7. The van der Waals surface area contributed by atoms with Crippen LogP contribution < -0.4 is 5.73 Å². The van der Waals surface area contributed by atoms with E-state index in [1.165, 1.54) is 0 Å². The van der Waals surface area contributed by atoms with E-state index in [1.807, 2.05) is 60.7 Å². The van der Waals surface area contributed by atoms with E-state index in [4.69, 9.17) is 10.2 Å². The maximum atomic E-state index is 6.04. The van der Waals surface area contributed by atoms with Crippen molar-refractivity contribution >= 4 is 27.7 Å². The van der Waals surface area contributed by atoms with Crippen LogP contribution in [0.15, 0.2) is 65.1 Å². The van der Waals surface area contributed by atoms with Crippen LogP contribution in [0.25, 0.3) is 33.2 Å². The summed E-state index contributed by atoms with van der Waals surface area (Å²) in [4.78, 5) is 4.43. The Hall–Kier alpha value is -2.81. The number of rotatable bonds is 1. The summed E-state index contributed by atoms with van der Waals surface area (Å²) in [5, 5.41) is 1.85. The zero-order valence-electron chi connectivity index (χ0n) is 10.7. The van der Waals surface area contributed by atoms with E-state index in [0.717, 1.165) is 33.2 Å². The number of benzene rings is 2. The van der Waals surface area contributed by atoms with Crippen LogP contribution in [0.2, 0.25) is 0 Å². The highest BCUT2D eigenvalue weighted by Gasteiger charge is 2.12. The summed E-state index contributed by atoms with van der Waals surface area (Å²) in [5.41, 5.74) is 8.73. The Morgan fingerprint density at radius 1 is 0.850 bits per heavy atom. The lowest BCUT2D eigenvalue weighted by atomic mass is 10.1. The van der Waals surface area contributed by atoms with Crippen molar-refractivity contribution in [1.82, 2.24) is 4.98 Å². The third-order valence-electron chi connectivity index (χ3n) is 3.46. The summed E-state index contributed by atoms with van der Waals surface area (Å²) in [6, 6.07) is 19.8. The van der Waals surface area contributed by atoms with Crippen molar-refractivity contribution in [2.24, 2.45) is 0 Å². The van der Waals surface area contributed by atoms with Crippen LogP contribution in [0.4, 0.5) is 5.82 Å². The molecule has 0 saturated heterocycles. The molecular weight excluding hydrogens is 248 g/mol. The standard InChI is InChI=1S/C17H12N2O/c18-17-13-10-15(11-6-2-1-3-7-11)20-16(13)12-8-4-5-9-14(12)19-17/h1-10H,(H2,18,19). The van der Waals surface area contributed by atoms with Gasteiger partial charge < -0.3 is 10.2 Å². The highest BCUT2D eigenvalue weighted by molar-refractivity contribution is 6.07. The van der Waals surface area contributed by atoms with Crippen LogP contribution in [0, 0.1) is 0 Å². The van der Waals surface area contributed by atoms with Gasteiger partial charge in [0.2, 0.25) is 0 Å². The predicted molar refractivity (Wildman–Crippen MR) is 81.4 cm³/mol. The molecule has 4 rings (SSSR count). The minimum atomic E-state index is 0.504. The van der Waals surface area contributed by atoms with Crippen molar-refractivity contribution in [2.45, 2.75) is 0 Å². The molecule has 4 aromatic rings. The molecule has 0 aliphatic carbocycles. The first kappa shape index (κ1) is 11.1. The number of furan rings is 1. The van der Waals surface area contributed by atoms with E-state index in [2.05, 4.69) is 4.98 Å². The molecule has 0 radical (unpaired) electrons. The van der Waals surface area contributed by atoms with Gasteiger partial charge in [-0.25, -0.2) is 4.98 Å². The van der Waals surface area contributed by atoms with Crippen molar-refractivity contribution in [1.29, 1.82) is 0 Å². The molecule has 3 heteroatoms. The quantitative estimate of drug-likeness (QED) is 0.557. The van der Waals surface area contributed by atoms with E-state index in [1.54, 1.807) is 0 Å². The summed E-state index contributed by atoms with van der Waals surface area (Å²) >= 11 is 0. The molecule has 0 unspecified atom stereocenters. The number of hydrogen-bond acceptors (Lipinski definition) is 3. The first-order chi connectivity index (χ1) is 9.83. The number of nitrogens with zero attached hydrogens (tertiary/aromatic N) is 1. The van der Waals surface area contributed by atoms with Crippen molar-refractivity contribution < 1.29 is 4.42 Å². The number of nitrogen functional groups attached to an aromatic ring is 1. The zero-order chi connectivity index (χ0) is 13.5. The maximum Gasteiger partial charge on any atom is 0.147 e. The number of fused-ring (bicyclic) bond motifs is 3. The number of aromatic nitrogens is 1. The molecule has 0 aliphatic heterocycles. The van der Waals surface area contributed by atoms with Gasteiger partial charge in [-0.05, 0) is 18.2 Å². The van der Waals surface area contributed by atoms with E-state index in [9.17, 15) is 0 Å². The highest BCUT2D eigenvalue weighted by Crippen LogP contribution is 2.34. The first-order valence-electron chi connectivity index (χ1n) is 6.46. The second-order valence-electron chi connectivity index (χ2n) is 4.73. The molecular formula is C17H12N2O. The molecule has 20 heavy (non-hydrogen) atoms. The number of pyridine rings is 1. The fourth-order valence-electron chi connectivity index (χ4n) is 2.48. The predicted octanol–water partition coefficient (Wildman–Crippen LogP) is 4.23. The van der Waals surface area contributed by atoms with Crippen molar-refractivity contribution in [3.8, 4) is 11.3 Å². The fraction of sp³-hybridized carbons (Fsp3) is 0. The molecule has 2 aromatic carbocycles. The molecule has 0 saturated carbocycles. The van der Waals surface area contributed by atoms with E-state index in [-0.39, 0.29) is 0 Å². The van der Waals surface area contributed by atoms with Gasteiger partial charge in [0, 0.05) is 10.9 Å². The van der Waals surface area contributed by atoms with E-state index < -0.39 is 0 Å². The summed E-state index contributed by atoms with van der Waals surface area (Å²) in [6.07, 6.45) is 0. The normalized spacial score (nSPS) is 11.2. The number of nitrogens with two attached hydrogens (primary N) is 1. The summed E-state index contributed by atoms with van der Waals surface area (Å²) < 4.78 is 6.03. The molecule has 2 N–H and O–H groups in total. The van der Waals surface area contributed by atoms with Gasteiger partial charge in [0.15, 0.2) is 0 Å². The van der Waals surface area contributed by atoms with Crippen molar-refractivity contribution in [3.05, 3.63) is 60.7 Å². The van der Waals surface area contributed by atoms with Crippen LogP contribution in [0.3, 0.4) is 0 Å². The lowest BCUT2D eigenvalue weighted by molar-refractivity contribution is 0.635. The van der Waals surface area contributed by atoms with Gasteiger partial charge in [-0.2, -0.15) is 0 Å². The van der Waals surface area contributed by atoms with Crippen LogP contribution >= 0.6 is 0 Å². The summed E-state index contributed by atoms with van der Waals surface area (Å²) in [5.74, 6) is 1.31. The SMILES string of the molecule is Nc1nc2ccccc2c2oc(-c3ccccc3)cc12. The average Bonchev–Trinajstić information content (AvgIpc) is 2.94. The Kier molecular flexibility index (Phi) is 2.27. The van der Waals surface area contributed by atoms with Gasteiger partial charge in [-0.3, -0.25) is 0 Å².